The van der Waals surface area contributed by atoms with Gasteiger partial charge >= 0.3 is 40.2 Å². The molecule has 1 aliphatic heterocycles. The molecular weight excluding hydrogens is 437 g/mol. The highest BCUT2D eigenvalue weighted by molar-refractivity contribution is 6.93. The van der Waals surface area contributed by atoms with Crippen LogP contribution in [0.3, 0.4) is 0 Å². The summed E-state index contributed by atoms with van der Waals surface area (Å²) < 4.78 is 31.1. The third-order valence-electron chi connectivity index (χ3n) is 4.14. The number of rotatable bonds is 6. The number of ether oxygens (including phenoxy) is 1. The van der Waals surface area contributed by atoms with Crippen molar-refractivity contribution >= 4 is 46.3 Å². The van der Waals surface area contributed by atoms with E-state index in [2.05, 4.69) is 19.6 Å². The van der Waals surface area contributed by atoms with E-state index < -0.39 is 34.2 Å². The molecule has 6 nitrogen and oxygen atoms in total. The summed E-state index contributed by atoms with van der Waals surface area (Å²) in [6.07, 6.45) is 3.89. The van der Waals surface area contributed by atoms with Crippen molar-refractivity contribution in [3.63, 3.8) is 0 Å². The Hall–Kier alpha value is -0.862. The van der Waals surface area contributed by atoms with Crippen molar-refractivity contribution in [3.05, 3.63) is 42.0 Å². The first-order valence-electron chi connectivity index (χ1n) is 10.0. The van der Waals surface area contributed by atoms with E-state index in [0.29, 0.717) is 13.0 Å². The second kappa shape index (κ2) is 9.52. The number of esters is 1. The molecule has 0 amide bonds. The molecule has 0 radical (unpaired) electrons. The van der Waals surface area contributed by atoms with Crippen molar-refractivity contribution in [2.24, 2.45) is 0 Å². The van der Waals surface area contributed by atoms with E-state index in [4.69, 9.17) is 21.2 Å². The summed E-state index contributed by atoms with van der Waals surface area (Å²) >= 11 is 0. The summed E-state index contributed by atoms with van der Waals surface area (Å²) in [4.78, 5) is 11.9. The Balaban J connectivity index is 1.89. The molecule has 1 aromatic carbocycles. The van der Waals surface area contributed by atoms with Gasteiger partial charge in [-0.3, -0.25) is 0 Å². The molecule has 0 atom stereocenters. The van der Waals surface area contributed by atoms with Crippen LogP contribution in [0.4, 0.5) is 0 Å². The molecule has 0 unspecified atom stereocenters. The fourth-order valence-corrected chi connectivity index (χ4v) is 25.3. The van der Waals surface area contributed by atoms with Gasteiger partial charge in [0, 0.05) is 6.08 Å². The molecule has 10 heteroatoms. The van der Waals surface area contributed by atoms with E-state index in [1.807, 2.05) is 56.5 Å². The summed E-state index contributed by atoms with van der Waals surface area (Å²) in [5.74, 6) is -0.344. The van der Waals surface area contributed by atoms with Gasteiger partial charge in [0.15, 0.2) is 0 Å². The van der Waals surface area contributed by atoms with Gasteiger partial charge in [-0.05, 0) is 69.9 Å². The van der Waals surface area contributed by atoms with Gasteiger partial charge in [-0.2, -0.15) is 0 Å². The van der Waals surface area contributed by atoms with Gasteiger partial charge in [0.1, 0.15) is 0 Å². The predicted octanol–water partition coefficient (Wildman–Crippen LogP) is 4.89. The smallest absolute Gasteiger partial charge is 0.330 e. The third kappa shape index (κ3) is 8.80. The highest BCUT2D eigenvalue weighted by atomic mass is 28.5. The Morgan fingerprint density at radius 2 is 1.38 bits per heavy atom. The van der Waals surface area contributed by atoms with E-state index in [-0.39, 0.29) is 5.97 Å². The fourth-order valence-electron chi connectivity index (χ4n) is 3.75. The van der Waals surface area contributed by atoms with Crippen molar-refractivity contribution in [2.45, 2.75) is 58.3 Å². The van der Waals surface area contributed by atoms with E-state index >= 15 is 0 Å². The lowest BCUT2D eigenvalue weighted by atomic mass is 10.2. The molecule has 0 aromatic heterocycles. The van der Waals surface area contributed by atoms with E-state index in [1.54, 1.807) is 6.08 Å². The molecule has 29 heavy (non-hydrogen) atoms. The van der Waals surface area contributed by atoms with Crippen LogP contribution in [0.2, 0.25) is 51.9 Å². The van der Waals surface area contributed by atoms with Gasteiger partial charge in [-0.25, -0.2) is 4.79 Å². The summed E-state index contributed by atoms with van der Waals surface area (Å²) in [6.45, 7) is 14.7. The largest absolute Gasteiger partial charge is 0.463 e. The molecule has 2 rings (SSSR count). The first-order chi connectivity index (χ1) is 13.3. The average molecular weight is 471 g/mol. The summed E-state index contributed by atoms with van der Waals surface area (Å²) in [5.41, 5.74) is 0.964. The maximum atomic E-state index is 11.9. The number of hydrogen-bond donors (Lipinski definition) is 0. The first kappa shape index (κ1) is 24.4. The fraction of sp³-hybridized carbons (Fsp3) is 0.526. The standard InChI is InChI=1S/C19H34O6Si4/c1-26(2)22-27(3,4)24-29(7,25-28(5,6)23-26)17-11-16-21-19(20)15-14-18-12-9-8-10-13-18/h8-10,12-15H,11,16-17H2,1-7H3/b15-14+. The normalized spacial score (nSPS) is 22.6. The lowest BCUT2D eigenvalue weighted by Gasteiger charge is -2.47. The van der Waals surface area contributed by atoms with Crippen LogP contribution >= 0.6 is 0 Å². The van der Waals surface area contributed by atoms with Crippen LogP contribution in [0.1, 0.15) is 12.0 Å². The molecule has 0 saturated carbocycles. The molecule has 1 fully saturated rings. The van der Waals surface area contributed by atoms with Crippen LogP contribution in [-0.4, -0.2) is 46.8 Å². The zero-order chi connectivity index (χ0) is 21.8. The lowest BCUT2D eigenvalue weighted by Crippen LogP contribution is -2.65. The van der Waals surface area contributed by atoms with Crippen molar-refractivity contribution < 1.29 is 26.0 Å². The van der Waals surface area contributed by atoms with Gasteiger partial charge in [0.2, 0.25) is 0 Å². The Morgan fingerprint density at radius 3 is 1.93 bits per heavy atom. The lowest BCUT2D eigenvalue weighted by molar-refractivity contribution is -0.137. The van der Waals surface area contributed by atoms with E-state index in [0.717, 1.165) is 11.6 Å². The van der Waals surface area contributed by atoms with Gasteiger partial charge < -0.3 is 21.2 Å². The van der Waals surface area contributed by atoms with E-state index in [9.17, 15) is 4.79 Å². The zero-order valence-corrected chi connectivity index (χ0v) is 22.6. The van der Waals surface area contributed by atoms with Crippen LogP contribution in [-0.2, 0) is 26.0 Å². The number of benzene rings is 1. The monoisotopic (exact) mass is 470 g/mol. The Morgan fingerprint density at radius 1 is 0.862 bits per heavy atom. The molecule has 1 heterocycles. The number of hydrogen-bond acceptors (Lipinski definition) is 6. The number of carbonyl (C=O) groups excluding carboxylic acids is 1. The average Bonchev–Trinajstić information content (AvgIpc) is 2.53. The third-order valence-corrected chi connectivity index (χ3v) is 20.7. The van der Waals surface area contributed by atoms with Gasteiger partial charge in [0.05, 0.1) is 6.61 Å². The Bertz CT molecular complexity index is 699. The molecule has 1 aromatic rings. The van der Waals surface area contributed by atoms with E-state index in [1.165, 1.54) is 6.08 Å². The molecule has 0 aliphatic carbocycles. The van der Waals surface area contributed by atoms with Crippen molar-refractivity contribution in [1.29, 1.82) is 0 Å². The summed E-state index contributed by atoms with van der Waals surface area (Å²) in [5, 5.41) is 0. The summed E-state index contributed by atoms with van der Waals surface area (Å²) in [7, 11) is -9.51. The Kier molecular flexibility index (Phi) is 8.01. The van der Waals surface area contributed by atoms with Crippen LogP contribution < -0.4 is 0 Å². The molecular formula is C19H34O6Si4. The minimum absolute atomic E-state index is 0.333. The summed E-state index contributed by atoms with van der Waals surface area (Å²) in [6, 6.07) is 10.4. The molecule has 1 aliphatic rings. The predicted molar refractivity (Wildman–Crippen MR) is 124 cm³/mol. The van der Waals surface area contributed by atoms with Crippen LogP contribution in [0.5, 0.6) is 0 Å². The SMILES string of the molecule is C[Si]1(C)O[Si](C)(C)O[Si](C)(CCCOC(=O)/C=C/c2ccccc2)O[Si](C)(C)O1. The zero-order valence-electron chi connectivity index (χ0n) is 18.6. The van der Waals surface area contributed by atoms with Crippen LogP contribution in [0.25, 0.3) is 6.08 Å². The molecule has 1 saturated heterocycles. The Labute approximate surface area is 179 Å². The van der Waals surface area contributed by atoms with Crippen molar-refractivity contribution in [2.75, 3.05) is 6.61 Å². The number of carbonyl (C=O) groups is 1. The van der Waals surface area contributed by atoms with Crippen LogP contribution in [0.15, 0.2) is 36.4 Å². The topological polar surface area (TPSA) is 63.2 Å². The van der Waals surface area contributed by atoms with Gasteiger partial charge in [0.25, 0.3) is 0 Å². The maximum absolute atomic E-state index is 11.9. The molecule has 0 N–H and O–H groups in total. The quantitative estimate of drug-likeness (QED) is 0.255. The molecule has 0 spiro atoms. The molecule has 0 bridgehead atoms. The highest BCUT2D eigenvalue weighted by Crippen LogP contribution is 2.32. The maximum Gasteiger partial charge on any atom is 0.330 e. The van der Waals surface area contributed by atoms with Crippen molar-refractivity contribution in [1.82, 2.24) is 0 Å². The van der Waals surface area contributed by atoms with Gasteiger partial charge in [-0.1, -0.05) is 30.3 Å². The van der Waals surface area contributed by atoms with Crippen LogP contribution in [0, 0.1) is 0 Å². The van der Waals surface area contributed by atoms with Gasteiger partial charge in [-0.15, -0.1) is 0 Å². The van der Waals surface area contributed by atoms with Crippen molar-refractivity contribution in [3.8, 4) is 0 Å². The molecule has 162 valence electrons. The second-order valence-electron chi connectivity index (χ2n) is 8.76. The second-order valence-corrected chi connectivity index (χ2v) is 23.2. The highest BCUT2D eigenvalue weighted by Gasteiger charge is 2.52. The minimum Gasteiger partial charge on any atom is -0.463 e. The minimum atomic E-state index is -2.51. The first-order valence-corrected chi connectivity index (χ1v) is 21.0.